The fourth-order valence-corrected chi connectivity index (χ4v) is 3.14. The number of hydrogen-bond donors (Lipinski definition) is 1. The second-order valence-electron chi connectivity index (χ2n) is 5.45. The standard InChI is InChI=1S/C18H17ClN2O5S/c1-26-18(23)14-8-13(9-16(10-14)21(24)25)17(22)20-6-7-27-11-12-2-4-15(19)5-3-12/h2-5,8-10H,6-7,11H2,1H3,(H,20,22). The number of amides is 1. The SMILES string of the molecule is COC(=O)c1cc(C(=O)NCCSCc2ccc(Cl)cc2)cc([N+](=O)[O-])c1. The molecule has 0 aliphatic rings. The normalized spacial score (nSPS) is 10.3. The third kappa shape index (κ3) is 6.26. The molecule has 1 amide bonds. The summed E-state index contributed by atoms with van der Waals surface area (Å²) >= 11 is 7.46. The highest BCUT2D eigenvalue weighted by molar-refractivity contribution is 7.98. The van der Waals surface area contributed by atoms with Crippen LogP contribution >= 0.6 is 23.4 Å². The van der Waals surface area contributed by atoms with E-state index in [1.807, 2.05) is 24.3 Å². The summed E-state index contributed by atoms with van der Waals surface area (Å²) in [7, 11) is 1.17. The molecule has 0 radical (unpaired) electrons. The maximum atomic E-state index is 12.2. The van der Waals surface area contributed by atoms with Crippen LogP contribution in [0.5, 0.6) is 0 Å². The molecule has 0 spiro atoms. The van der Waals surface area contributed by atoms with Gasteiger partial charge in [0.2, 0.25) is 0 Å². The van der Waals surface area contributed by atoms with Gasteiger partial charge < -0.3 is 10.1 Å². The van der Waals surface area contributed by atoms with Crippen molar-refractivity contribution >= 4 is 40.9 Å². The lowest BCUT2D eigenvalue weighted by molar-refractivity contribution is -0.384. The van der Waals surface area contributed by atoms with E-state index in [1.54, 1.807) is 11.8 Å². The van der Waals surface area contributed by atoms with Gasteiger partial charge in [0.15, 0.2) is 0 Å². The van der Waals surface area contributed by atoms with Crippen LogP contribution in [-0.4, -0.2) is 36.2 Å². The van der Waals surface area contributed by atoms with E-state index >= 15 is 0 Å². The Balaban J connectivity index is 1.91. The van der Waals surface area contributed by atoms with Gasteiger partial charge in [-0.25, -0.2) is 4.79 Å². The van der Waals surface area contributed by atoms with Gasteiger partial charge >= 0.3 is 5.97 Å². The van der Waals surface area contributed by atoms with Crippen molar-refractivity contribution < 1.29 is 19.2 Å². The van der Waals surface area contributed by atoms with E-state index in [0.717, 1.165) is 23.4 Å². The van der Waals surface area contributed by atoms with Crippen molar-refractivity contribution in [3.05, 3.63) is 74.3 Å². The van der Waals surface area contributed by atoms with Crippen LogP contribution in [-0.2, 0) is 10.5 Å². The Morgan fingerprint density at radius 3 is 2.48 bits per heavy atom. The molecule has 0 saturated carbocycles. The number of methoxy groups -OCH3 is 1. The molecule has 0 atom stereocenters. The zero-order chi connectivity index (χ0) is 19.8. The average Bonchev–Trinajstić information content (AvgIpc) is 2.67. The quantitative estimate of drug-likeness (QED) is 0.309. The number of halogens is 1. The number of non-ortho nitro benzene ring substituents is 1. The molecule has 27 heavy (non-hydrogen) atoms. The van der Waals surface area contributed by atoms with Crippen LogP contribution in [0.15, 0.2) is 42.5 Å². The molecule has 0 aliphatic heterocycles. The van der Waals surface area contributed by atoms with Crippen LogP contribution in [0.4, 0.5) is 5.69 Å². The number of nitrogens with zero attached hydrogens (tertiary/aromatic N) is 1. The van der Waals surface area contributed by atoms with Crippen LogP contribution in [0.2, 0.25) is 5.02 Å². The molecule has 142 valence electrons. The van der Waals surface area contributed by atoms with Gasteiger partial charge in [0, 0.05) is 40.8 Å². The third-order valence-electron chi connectivity index (χ3n) is 3.53. The Morgan fingerprint density at radius 1 is 1.19 bits per heavy atom. The van der Waals surface area contributed by atoms with E-state index in [0.29, 0.717) is 17.3 Å². The number of nitrogens with one attached hydrogen (secondary N) is 1. The van der Waals surface area contributed by atoms with Gasteiger partial charge in [-0.3, -0.25) is 14.9 Å². The first-order valence-electron chi connectivity index (χ1n) is 7.89. The minimum Gasteiger partial charge on any atom is -0.465 e. The van der Waals surface area contributed by atoms with Crippen LogP contribution < -0.4 is 5.32 Å². The molecule has 0 heterocycles. The molecule has 0 bridgehead atoms. The van der Waals surface area contributed by atoms with Gasteiger partial charge in [-0.2, -0.15) is 11.8 Å². The van der Waals surface area contributed by atoms with Crippen LogP contribution in [0.1, 0.15) is 26.3 Å². The summed E-state index contributed by atoms with van der Waals surface area (Å²) in [5.74, 6) is 0.200. The van der Waals surface area contributed by atoms with Crippen molar-refractivity contribution in [2.45, 2.75) is 5.75 Å². The number of benzene rings is 2. The number of thioether (sulfide) groups is 1. The van der Waals surface area contributed by atoms with Gasteiger partial charge in [0.1, 0.15) is 0 Å². The Labute approximate surface area is 165 Å². The first kappa shape index (κ1) is 20.7. The van der Waals surface area contributed by atoms with Crippen LogP contribution in [0.3, 0.4) is 0 Å². The van der Waals surface area contributed by atoms with Gasteiger partial charge in [-0.1, -0.05) is 23.7 Å². The molecule has 0 unspecified atom stereocenters. The van der Waals surface area contributed by atoms with E-state index in [2.05, 4.69) is 10.1 Å². The third-order valence-corrected chi connectivity index (χ3v) is 4.81. The number of esters is 1. The van der Waals surface area contributed by atoms with Gasteiger partial charge in [-0.05, 0) is 23.8 Å². The summed E-state index contributed by atoms with van der Waals surface area (Å²) in [6.45, 7) is 0.382. The average molecular weight is 409 g/mol. The van der Waals surface area contributed by atoms with Crippen molar-refractivity contribution in [3.8, 4) is 0 Å². The highest BCUT2D eigenvalue weighted by atomic mass is 35.5. The predicted octanol–water partition coefficient (Wildman–Crippen LogP) is 3.70. The largest absolute Gasteiger partial charge is 0.465 e. The Morgan fingerprint density at radius 2 is 1.85 bits per heavy atom. The Bertz CT molecular complexity index is 842. The molecule has 2 rings (SSSR count). The monoisotopic (exact) mass is 408 g/mol. The van der Waals surface area contributed by atoms with Gasteiger partial charge in [0.05, 0.1) is 17.6 Å². The predicted molar refractivity (Wildman–Crippen MR) is 104 cm³/mol. The minimum atomic E-state index is -0.744. The number of nitro groups is 1. The van der Waals surface area contributed by atoms with E-state index < -0.39 is 16.8 Å². The first-order chi connectivity index (χ1) is 12.9. The molecule has 7 nitrogen and oxygen atoms in total. The van der Waals surface area contributed by atoms with E-state index in [1.165, 1.54) is 13.2 Å². The number of rotatable bonds is 8. The molecule has 9 heteroatoms. The molecule has 0 saturated heterocycles. The van der Waals surface area contributed by atoms with E-state index in [4.69, 9.17) is 11.6 Å². The van der Waals surface area contributed by atoms with Gasteiger partial charge in [-0.15, -0.1) is 0 Å². The summed E-state index contributed by atoms with van der Waals surface area (Å²) in [4.78, 5) is 34.2. The maximum absolute atomic E-state index is 12.2. The summed E-state index contributed by atoms with van der Waals surface area (Å²) in [5, 5.41) is 14.4. The van der Waals surface area contributed by atoms with Crippen LogP contribution in [0.25, 0.3) is 0 Å². The number of carbonyl (C=O) groups is 2. The van der Waals surface area contributed by atoms with Crippen molar-refractivity contribution in [1.29, 1.82) is 0 Å². The lowest BCUT2D eigenvalue weighted by atomic mass is 10.1. The summed E-state index contributed by atoms with van der Waals surface area (Å²) < 4.78 is 4.56. The number of ether oxygens (including phenoxy) is 1. The van der Waals surface area contributed by atoms with Crippen molar-refractivity contribution in [1.82, 2.24) is 5.32 Å². The number of hydrogen-bond acceptors (Lipinski definition) is 6. The van der Waals surface area contributed by atoms with E-state index in [9.17, 15) is 19.7 Å². The number of carbonyl (C=O) groups excluding carboxylic acids is 2. The Hall–Kier alpha value is -2.58. The topological polar surface area (TPSA) is 98.5 Å². The highest BCUT2D eigenvalue weighted by Gasteiger charge is 2.18. The Kier molecular flexibility index (Phi) is 7.63. The van der Waals surface area contributed by atoms with Crippen molar-refractivity contribution in [3.63, 3.8) is 0 Å². The molecule has 0 fully saturated rings. The lowest BCUT2D eigenvalue weighted by Crippen LogP contribution is -2.26. The zero-order valence-electron chi connectivity index (χ0n) is 14.4. The lowest BCUT2D eigenvalue weighted by Gasteiger charge is -2.07. The summed E-state index contributed by atoms with van der Waals surface area (Å²) in [6.07, 6.45) is 0. The summed E-state index contributed by atoms with van der Waals surface area (Å²) in [5.41, 5.74) is 0.763. The molecule has 0 aromatic heterocycles. The number of nitro benzene ring substituents is 1. The zero-order valence-corrected chi connectivity index (χ0v) is 16.0. The fourth-order valence-electron chi connectivity index (χ4n) is 2.19. The molecule has 0 aliphatic carbocycles. The minimum absolute atomic E-state index is 0.0345. The molecular formula is C18H17ClN2O5S. The molecule has 1 N–H and O–H groups in total. The van der Waals surface area contributed by atoms with Crippen LogP contribution in [0, 0.1) is 10.1 Å². The van der Waals surface area contributed by atoms with Crippen molar-refractivity contribution in [2.24, 2.45) is 0 Å². The highest BCUT2D eigenvalue weighted by Crippen LogP contribution is 2.18. The molecule has 2 aromatic rings. The first-order valence-corrected chi connectivity index (χ1v) is 9.42. The second-order valence-corrected chi connectivity index (χ2v) is 6.99. The van der Waals surface area contributed by atoms with E-state index in [-0.39, 0.29) is 16.8 Å². The molecular weight excluding hydrogens is 392 g/mol. The van der Waals surface area contributed by atoms with Gasteiger partial charge in [0.25, 0.3) is 11.6 Å². The summed E-state index contributed by atoms with van der Waals surface area (Å²) in [6, 6.07) is 11.0. The fraction of sp³-hybridized carbons (Fsp3) is 0.222. The van der Waals surface area contributed by atoms with Crippen molar-refractivity contribution in [2.75, 3.05) is 19.4 Å². The molecule has 2 aromatic carbocycles. The second kappa shape index (κ2) is 9.94. The maximum Gasteiger partial charge on any atom is 0.338 e. The smallest absolute Gasteiger partial charge is 0.338 e.